The first-order chi connectivity index (χ1) is 19.0. The second-order valence-corrected chi connectivity index (χ2v) is 10.0. The number of aromatic nitrogens is 6. The van der Waals surface area contributed by atoms with Gasteiger partial charge < -0.3 is 14.6 Å². The summed E-state index contributed by atoms with van der Waals surface area (Å²) in [5.74, 6) is 0.661. The lowest BCUT2D eigenvalue weighted by Crippen LogP contribution is -2.50. The molecule has 0 spiro atoms. The normalized spacial score (nSPS) is 15.0. The molecule has 1 aromatic carbocycles. The molecular weight excluding hydrogens is 518 g/mol. The van der Waals surface area contributed by atoms with E-state index >= 15 is 0 Å². The Labute approximate surface area is 227 Å². The Morgan fingerprint density at radius 2 is 1.90 bits per heavy atom. The van der Waals surface area contributed by atoms with Crippen molar-refractivity contribution in [3.63, 3.8) is 0 Å². The number of fused-ring (bicyclic) bond motifs is 1. The van der Waals surface area contributed by atoms with Gasteiger partial charge in [-0.3, -0.25) is 19.5 Å². The summed E-state index contributed by atoms with van der Waals surface area (Å²) >= 11 is 1.35. The van der Waals surface area contributed by atoms with Gasteiger partial charge in [0.05, 0.1) is 18.8 Å². The van der Waals surface area contributed by atoms with E-state index in [1.807, 2.05) is 18.2 Å². The highest BCUT2D eigenvalue weighted by molar-refractivity contribution is 7.17. The Morgan fingerprint density at radius 1 is 1.10 bits per heavy atom. The third kappa shape index (κ3) is 5.01. The Kier molecular flexibility index (Phi) is 6.59. The van der Waals surface area contributed by atoms with Crippen LogP contribution >= 0.6 is 11.3 Å². The van der Waals surface area contributed by atoms with Gasteiger partial charge in [0.2, 0.25) is 16.7 Å². The fourth-order valence-electron chi connectivity index (χ4n) is 4.72. The lowest BCUT2D eigenvalue weighted by molar-refractivity contribution is -0.114. The third-order valence-corrected chi connectivity index (χ3v) is 7.37. The standard InChI is InChI=1S/C26H25N9O3S/c1-16(36)28-20-15-39-26-21(20)29-24(38-26)18-8-9-27-19(14-18)25(37)35-12-10-34(11-13-35)22(17-6-4-3-5-7-17)23-30-32-33(2)31-23/h3-9,14-15,22H,10-13H2,1-2H3,(H,28,36). The van der Waals surface area contributed by atoms with Crippen molar-refractivity contribution in [2.24, 2.45) is 7.05 Å². The fourth-order valence-corrected chi connectivity index (χ4v) is 5.51. The average Bonchev–Trinajstić information content (AvgIpc) is 3.67. The number of carbonyl (C=O) groups excluding carboxylic acids is 2. The predicted octanol–water partition coefficient (Wildman–Crippen LogP) is 2.98. The van der Waals surface area contributed by atoms with E-state index in [1.165, 1.54) is 23.1 Å². The predicted molar refractivity (Wildman–Crippen MR) is 144 cm³/mol. The van der Waals surface area contributed by atoms with Gasteiger partial charge in [-0.15, -0.1) is 21.5 Å². The number of benzene rings is 1. The van der Waals surface area contributed by atoms with E-state index in [4.69, 9.17) is 4.42 Å². The molecule has 1 aliphatic heterocycles. The number of nitrogens with zero attached hydrogens (tertiary/aromatic N) is 8. The first kappa shape index (κ1) is 24.8. The van der Waals surface area contributed by atoms with Crippen molar-refractivity contribution in [2.45, 2.75) is 13.0 Å². The number of carbonyl (C=O) groups is 2. The van der Waals surface area contributed by atoms with Crippen molar-refractivity contribution < 1.29 is 14.0 Å². The maximum Gasteiger partial charge on any atom is 0.272 e. The van der Waals surface area contributed by atoms with E-state index in [0.717, 1.165) is 5.56 Å². The molecule has 0 aliphatic carbocycles. The number of thiophene rings is 1. The Bertz CT molecular complexity index is 1640. The fraction of sp³-hybridized carbons (Fsp3) is 0.269. The molecular formula is C26H25N9O3S. The van der Waals surface area contributed by atoms with E-state index in [0.29, 0.717) is 65.3 Å². The van der Waals surface area contributed by atoms with Gasteiger partial charge in [0.25, 0.3) is 5.91 Å². The molecule has 1 saturated heterocycles. The largest absolute Gasteiger partial charge is 0.425 e. The summed E-state index contributed by atoms with van der Waals surface area (Å²) < 4.78 is 5.90. The lowest BCUT2D eigenvalue weighted by Gasteiger charge is -2.38. The van der Waals surface area contributed by atoms with E-state index in [9.17, 15) is 9.59 Å². The van der Waals surface area contributed by atoms with Gasteiger partial charge in [-0.1, -0.05) is 30.3 Å². The summed E-state index contributed by atoms with van der Waals surface area (Å²) in [6.07, 6.45) is 1.58. The molecule has 1 aliphatic rings. The highest BCUT2D eigenvalue weighted by atomic mass is 32.1. The number of pyridine rings is 1. The Hall–Kier alpha value is -4.49. The van der Waals surface area contributed by atoms with Gasteiger partial charge in [-0.25, -0.2) is 4.98 Å². The Balaban J connectivity index is 1.18. The minimum Gasteiger partial charge on any atom is -0.425 e. The van der Waals surface area contributed by atoms with Gasteiger partial charge in [0.15, 0.2) is 5.82 Å². The molecule has 13 heteroatoms. The van der Waals surface area contributed by atoms with Crippen molar-refractivity contribution in [3.8, 4) is 11.5 Å². The van der Waals surface area contributed by atoms with Crippen LogP contribution in [-0.4, -0.2) is 78.0 Å². The number of hydrogen-bond donors (Lipinski definition) is 1. The molecule has 4 aromatic heterocycles. The summed E-state index contributed by atoms with van der Waals surface area (Å²) in [5, 5.41) is 17.3. The van der Waals surface area contributed by atoms with Gasteiger partial charge in [-0.2, -0.15) is 4.80 Å². The smallest absolute Gasteiger partial charge is 0.272 e. The van der Waals surface area contributed by atoms with Crippen molar-refractivity contribution in [1.82, 2.24) is 40.0 Å². The van der Waals surface area contributed by atoms with Gasteiger partial charge >= 0.3 is 0 Å². The molecule has 2 amide bonds. The van der Waals surface area contributed by atoms with Crippen LogP contribution in [0.5, 0.6) is 0 Å². The monoisotopic (exact) mass is 543 g/mol. The van der Waals surface area contributed by atoms with Crippen molar-refractivity contribution in [1.29, 1.82) is 0 Å². The van der Waals surface area contributed by atoms with Crippen LogP contribution in [-0.2, 0) is 11.8 Å². The van der Waals surface area contributed by atoms with Crippen molar-refractivity contribution in [2.75, 3.05) is 31.5 Å². The first-order valence-electron chi connectivity index (χ1n) is 12.4. The average molecular weight is 544 g/mol. The number of rotatable bonds is 6. The zero-order valence-electron chi connectivity index (χ0n) is 21.3. The topological polar surface area (TPSA) is 135 Å². The zero-order valence-corrected chi connectivity index (χ0v) is 22.1. The van der Waals surface area contributed by atoms with Crippen LogP contribution in [0.25, 0.3) is 21.9 Å². The van der Waals surface area contributed by atoms with Crippen LogP contribution in [0, 0.1) is 0 Å². The molecule has 1 unspecified atom stereocenters. The van der Waals surface area contributed by atoms with Crippen LogP contribution in [0.1, 0.15) is 34.8 Å². The molecule has 198 valence electrons. The Morgan fingerprint density at radius 3 is 2.62 bits per heavy atom. The number of nitrogens with one attached hydrogen (secondary N) is 1. The SMILES string of the molecule is CC(=O)Nc1csc2oc(-c3ccnc(C(=O)N4CCN(C(c5ccccc5)c5nnn(C)n5)CC4)c3)nc12. The number of hydrogen-bond acceptors (Lipinski definition) is 10. The number of aryl methyl sites for hydroxylation is 1. The second-order valence-electron chi connectivity index (χ2n) is 9.19. The minimum atomic E-state index is -0.181. The van der Waals surface area contributed by atoms with E-state index in [-0.39, 0.29) is 17.9 Å². The first-order valence-corrected chi connectivity index (χ1v) is 13.3. The quantitative estimate of drug-likeness (QED) is 0.343. The van der Waals surface area contributed by atoms with E-state index in [2.05, 4.69) is 47.7 Å². The molecule has 5 heterocycles. The van der Waals surface area contributed by atoms with Crippen molar-refractivity contribution >= 4 is 39.3 Å². The van der Waals surface area contributed by atoms with Crippen LogP contribution in [0.15, 0.2) is 58.5 Å². The molecule has 0 bridgehead atoms. The van der Waals surface area contributed by atoms with Crippen molar-refractivity contribution in [3.05, 3.63) is 71.1 Å². The number of oxazole rings is 1. The molecule has 1 N–H and O–H groups in total. The molecule has 0 radical (unpaired) electrons. The van der Waals surface area contributed by atoms with Crippen LogP contribution in [0.2, 0.25) is 0 Å². The maximum atomic E-state index is 13.4. The summed E-state index contributed by atoms with van der Waals surface area (Å²) in [7, 11) is 1.75. The molecule has 12 nitrogen and oxygen atoms in total. The second kappa shape index (κ2) is 10.3. The number of amides is 2. The lowest BCUT2D eigenvalue weighted by atomic mass is 10.0. The zero-order chi connectivity index (χ0) is 26.9. The summed E-state index contributed by atoms with van der Waals surface area (Å²) in [4.78, 5) is 39.9. The highest BCUT2D eigenvalue weighted by Crippen LogP contribution is 2.34. The third-order valence-electron chi connectivity index (χ3n) is 6.52. The summed E-state index contributed by atoms with van der Waals surface area (Å²) in [6.45, 7) is 3.79. The number of anilines is 1. The van der Waals surface area contributed by atoms with Gasteiger partial charge in [-0.05, 0) is 22.9 Å². The number of piperazine rings is 1. The molecule has 1 atom stereocenters. The van der Waals surface area contributed by atoms with E-state index < -0.39 is 0 Å². The molecule has 39 heavy (non-hydrogen) atoms. The van der Waals surface area contributed by atoms with Crippen LogP contribution in [0.3, 0.4) is 0 Å². The summed E-state index contributed by atoms with van der Waals surface area (Å²) in [6, 6.07) is 13.4. The number of tetrazole rings is 1. The minimum absolute atomic E-state index is 0.153. The molecule has 6 rings (SSSR count). The maximum absolute atomic E-state index is 13.4. The van der Waals surface area contributed by atoms with Crippen LogP contribution < -0.4 is 5.32 Å². The molecule has 0 saturated carbocycles. The molecule has 1 fully saturated rings. The molecule has 5 aromatic rings. The van der Waals surface area contributed by atoms with Gasteiger partial charge in [0.1, 0.15) is 11.2 Å². The summed E-state index contributed by atoms with van der Waals surface area (Å²) in [5.41, 5.74) is 3.22. The van der Waals surface area contributed by atoms with Gasteiger partial charge in [0, 0.05) is 50.2 Å². The van der Waals surface area contributed by atoms with E-state index in [1.54, 1.807) is 35.7 Å². The highest BCUT2D eigenvalue weighted by Gasteiger charge is 2.31. The van der Waals surface area contributed by atoms with Crippen LogP contribution in [0.4, 0.5) is 5.69 Å².